The normalized spacial score (nSPS) is 10.2. The van der Waals surface area contributed by atoms with Crippen LogP contribution in [0.1, 0.15) is 51.9 Å². The first-order valence-electron chi connectivity index (χ1n) is 6.34. The number of carbonyl (C=O) groups is 2. The molecule has 0 saturated heterocycles. The number of rotatable bonds is 10. The first-order valence-corrected chi connectivity index (χ1v) is 6.34. The Labute approximate surface area is 103 Å². The Morgan fingerprint density at radius 1 is 1.06 bits per heavy atom. The van der Waals surface area contributed by atoms with Gasteiger partial charge in [-0.3, -0.25) is 4.79 Å². The summed E-state index contributed by atoms with van der Waals surface area (Å²) in [7, 11) is 0. The Morgan fingerprint density at radius 2 is 1.59 bits per heavy atom. The van der Waals surface area contributed by atoms with Gasteiger partial charge in [0.1, 0.15) is 6.54 Å². The van der Waals surface area contributed by atoms with E-state index >= 15 is 0 Å². The van der Waals surface area contributed by atoms with E-state index in [4.69, 9.17) is 10.8 Å². The minimum atomic E-state index is -1.02. The van der Waals surface area contributed by atoms with Gasteiger partial charge in [0.2, 0.25) is 0 Å². The number of amides is 2. The SMILES string of the molecule is CCCCCCCCCN(CC(=O)O)C(N)=O. The van der Waals surface area contributed by atoms with Gasteiger partial charge in [0.25, 0.3) is 0 Å². The van der Waals surface area contributed by atoms with Crippen molar-refractivity contribution in [3.05, 3.63) is 0 Å². The van der Waals surface area contributed by atoms with Gasteiger partial charge in [0.15, 0.2) is 0 Å². The van der Waals surface area contributed by atoms with Gasteiger partial charge in [-0.25, -0.2) is 4.79 Å². The molecule has 0 spiro atoms. The highest BCUT2D eigenvalue weighted by Gasteiger charge is 2.12. The summed E-state index contributed by atoms with van der Waals surface area (Å²) in [5.74, 6) is -1.02. The Hall–Kier alpha value is -1.26. The maximum atomic E-state index is 10.9. The van der Waals surface area contributed by atoms with E-state index in [0.717, 1.165) is 19.3 Å². The molecular formula is C12H24N2O3. The van der Waals surface area contributed by atoms with Crippen LogP contribution in [0.4, 0.5) is 4.79 Å². The van der Waals surface area contributed by atoms with Gasteiger partial charge in [0, 0.05) is 6.54 Å². The standard InChI is InChI=1S/C12H24N2O3/c1-2-3-4-5-6-7-8-9-14(12(13)17)10-11(15)16/h2-10H2,1H3,(H2,13,17)(H,15,16). The summed E-state index contributed by atoms with van der Waals surface area (Å²) in [6.45, 7) is 2.32. The molecule has 0 heterocycles. The summed E-state index contributed by atoms with van der Waals surface area (Å²) < 4.78 is 0. The number of nitrogens with two attached hydrogens (primary N) is 1. The first kappa shape index (κ1) is 15.7. The molecule has 0 unspecified atom stereocenters. The smallest absolute Gasteiger partial charge is 0.323 e. The van der Waals surface area contributed by atoms with Gasteiger partial charge in [0.05, 0.1) is 0 Å². The number of hydrogen-bond donors (Lipinski definition) is 2. The predicted octanol–water partition coefficient (Wildman–Crippen LogP) is 2.20. The second-order valence-corrected chi connectivity index (χ2v) is 4.27. The van der Waals surface area contributed by atoms with Crippen LogP contribution in [-0.4, -0.2) is 35.1 Å². The molecular weight excluding hydrogens is 220 g/mol. The van der Waals surface area contributed by atoms with Gasteiger partial charge >= 0.3 is 12.0 Å². The summed E-state index contributed by atoms with van der Waals surface area (Å²) in [5, 5.41) is 8.58. The van der Waals surface area contributed by atoms with Crippen LogP contribution in [0.15, 0.2) is 0 Å². The van der Waals surface area contributed by atoms with Crippen LogP contribution in [0.2, 0.25) is 0 Å². The van der Waals surface area contributed by atoms with E-state index in [-0.39, 0.29) is 6.54 Å². The number of hydrogen-bond acceptors (Lipinski definition) is 2. The highest BCUT2D eigenvalue weighted by Crippen LogP contribution is 2.07. The fourth-order valence-corrected chi connectivity index (χ4v) is 1.69. The molecule has 0 aromatic rings. The molecule has 5 nitrogen and oxygen atoms in total. The maximum Gasteiger partial charge on any atom is 0.323 e. The lowest BCUT2D eigenvalue weighted by Crippen LogP contribution is -2.40. The molecule has 5 heteroatoms. The third kappa shape index (κ3) is 9.66. The molecule has 17 heavy (non-hydrogen) atoms. The molecule has 0 aliphatic carbocycles. The average Bonchev–Trinajstić information content (AvgIpc) is 2.25. The molecule has 0 atom stereocenters. The van der Waals surface area contributed by atoms with E-state index < -0.39 is 12.0 Å². The predicted molar refractivity (Wildman–Crippen MR) is 66.8 cm³/mol. The summed E-state index contributed by atoms with van der Waals surface area (Å²) in [6.07, 6.45) is 7.95. The number of carboxylic acids is 1. The van der Waals surface area contributed by atoms with Crippen LogP contribution >= 0.6 is 0 Å². The molecule has 0 aliphatic heterocycles. The third-order valence-corrected chi connectivity index (χ3v) is 2.67. The van der Waals surface area contributed by atoms with Crippen LogP contribution in [-0.2, 0) is 4.79 Å². The second-order valence-electron chi connectivity index (χ2n) is 4.27. The summed E-state index contributed by atoms with van der Waals surface area (Å²) in [4.78, 5) is 22.6. The van der Waals surface area contributed by atoms with Gasteiger partial charge in [-0.1, -0.05) is 45.4 Å². The van der Waals surface area contributed by atoms with Crippen molar-refractivity contribution < 1.29 is 14.7 Å². The summed E-state index contributed by atoms with van der Waals surface area (Å²) in [5.41, 5.74) is 5.09. The zero-order valence-electron chi connectivity index (χ0n) is 10.7. The highest BCUT2D eigenvalue weighted by atomic mass is 16.4. The lowest BCUT2D eigenvalue weighted by molar-refractivity contribution is -0.137. The summed E-state index contributed by atoms with van der Waals surface area (Å²) in [6, 6.07) is -0.654. The molecule has 0 aliphatic rings. The molecule has 0 fully saturated rings. The van der Waals surface area contributed by atoms with Gasteiger partial charge < -0.3 is 15.7 Å². The molecule has 0 aromatic heterocycles. The van der Waals surface area contributed by atoms with Gasteiger partial charge in [-0.15, -0.1) is 0 Å². The zero-order chi connectivity index (χ0) is 13.1. The fourth-order valence-electron chi connectivity index (χ4n) is 1.69. The van der Waals surface area contributed by atoms with Crippen LogP contribution in [0.25, 0.3) is 0 Å². The average molecular weight is 244 g/mol. The van der Waals surface area contributed by atoms with Gasteiger partial charge in [-0.05, 0) is 6.42 Å². The van der Waals surface area contributed by atoms with E-state index in [9.17, 15) is 9.59 Å². The van der Waals surface area contributed by atoms with Crippen molar-refractivity contribution in [3.63, 3.8) is 0 Å². The Bertz CT molecular complexity index is 232. The maximum absolute atomic E-state index is 10.9. The minimum absolute atomic E-state index is 0.300. The number of urea groups is 1. The summed E-state index contributed by atoms with van der Waals surface area (Å²) >= 11 is 0. The van der Waals surface area contributed by atoms with Crippen molar-refractivity contribution in [1.29, 1.82) is 0 Å². The molecule has 0 rings (SSSR count). The van der Waals surface area contributed by atoms with Gasteiger partial charge in [-0.2, -0.15) is 0 Å². The number of carboxylic acid groups (broad SMARTS) is 1. The number of aliphatic carboxylic acids is 1. The number of nitrogens with zero attached hydrogens (tertiary/aromatic N) is 1. The van der Waals surface area contributed by atoms with Crippen molar-refractivity contribution in [1.82, 2.24) is 4.90 Å². The van der Waals surface area contributed by atoms with Crippen LogP contribution in [0.5, 0.6) is 0 Å². The Kier molecular flexibility index (Phi) is 9.19. The number of primary amides is 1. The topological polar surface area (TPSA) is 83.6 Å². The van der Waals surface area contributed by atoms with Crippen LogP contribution in [0.3, 0.4) is 0 Å². The van der Waals surface area contributed by atoms with Crippen molar-refractivity contribution in [3.8, 4) is 0 Å². The van der Waals surface area contributed by atoms with E-state index in [1.165, 1.54) is 30.6 Å². The molecule has 0 aromatic carbocycles. The van der Waals surface area contributed by atoms with E-state index in [1.807, 2.05) is 0 Å². The molecule has 3 N–H and O–H groups in total. The highest BCUT2D eigenvalue weighted by molar-refractivity contribution is 5.78. The monoisotopic (exact) mass is 244 g/mol. The molecule has 0 bridgehead atoms. The van der Waals surface area contributed by atoms with E-state index in [1.54, 1.807) is 0 Å². The van der Waals surface area contributed by atoms with E-state index in [0.29, 0.717) is 6.54 Å². The molecule has 2 amide bonds. The zero-order valence-corrected chi connectivity index (χ0v) is 10.7. The van der Waals surface area contributed by atoms with Crippen molar-refractivity contribution in [2.75, 3.05) is 13.1 Å². The van der Waals surface area contributed by atoms with Crippen molar-refractivity contribution in [2.45, 2.75) is 51.9 Å². The van der Waals surface area contributed by atoms with E-state index in [2.05, 4.69) is 6.92 Å². The lowest BCUT2D eigenvalue weighted by Gasteiger charge is -2.17. The van der Waals surface area contributed by atoms with Crippen LogP contribution in [0, 0.1) is 0 Å². The molecule has 0 radical (unpaired) electrons. The molecule has 100 valence electrons. The van der Waals surface area contributed by atoms with Crippen molar-refractivity contribution in [2.24, 2.45) is 5.73 Å². The third-order valence-electron chi connectivity index (χ3n) is 2.67. The first-order chi connectivity index (χ1) is 8.07. The Balaban J connectivity index is 3.55. The molecule has 0 saturated carbocycles. The quantitative estimate of drug-likeness (QED) is 0.578. The Morgan fingerprint density at radius 3 is 2.06 bits per heavy atom. The second kappa shape index (κ2) is 9.93. The largest absolute Gasteiger partial charge is 0.480 e. The van der Waals surface area contributed by atoms with Crippen LogP contribution < -0.4 is 5.73 Å². The number of unbranched alkanes of at least 4 members (excludes halogenated alkanes) is 6. The fraction of sp³-hybridized carbons (Fsp3) is 0.833. The van der Waals surface area contributed by atoms with Crippen molar-refractivity contribution >= 4 is 12.0 Å². The number of carbonyl (C=O) groups excluding carboxylic acids is 1. The minimum Gasteiger partial charge on any atom is -0.480 e. The lowest BCUT2D eigenvalue weighted by atomic mass is 10.1.